The third-order valence-corrected chi connectivity index (χ3v) is 4.71. The van der Waals surface area contributed by atoms with E-state index in [0.717, 1.165) is 4.88 Å². The Labute approximate surface area is 169 Å². The predicted molar refractivity (Wildman–Crippen MR) is 113 cm³/mol. The van der Waals surface area contributed by atoms with E-state index in [1.54, 1.807) is 19.1 Å². The summed E-state index contributed by atoms with van der Waals surface area (Å²) in [7, 11) is 0. The van der Waals surface area contributed by atoms with Gasteiger partial charge in [-0.05, 0) is 43.3 Å². The molecule has 3 N–H and O–H groups in total. The fourth-order valence-electron chi connectivity index (χ4n) is 2.25. The van der Waals surface area contributed by atoms with Crippen LogP contribution in [0, 0.1) is 5.82 Å². The Bertz CT molecular complexity index is 662. The lowest BCUT2D eigenvalue weighted by Crippen LogP contribution is -2.39. The summed E-state index contributed by atoms with van der Waals surface area (Å²) in [6.07, 6.45) is 0.568. The van der Waals surface area contributed by atoms with E-state index in [-0.39, 0.29) is 36.3 Å². The minimum atomic E-state index is -0.998. The first-order valence-electron chi connectivity index (χ1n) is 8.05. The third kappa shape index (κ3) is 6.91. The Morgan fingerprint density at radius 2 is 2.00 bits per heavy atom. The van der Waals surface area contributed by atoms with Gasteiger partial charge in [-0.3, -0.25) is 0 Å². The van der Waals surface area contributed by atoms with Crippen molar-refractivity contribution >= 4 is 41.3 Å². The molecule has 2 rings (SSSR count). The highest BCUT2D eigenvalue weighted by atomic mass is 127. The maximum absolute atomic E-state index is 13.6. The van der Waals surface area contributed by atoms with E-state index in [1.165, 1.54) is 17.4 Å². The van der Waals surface area contributed by atoms with Gasteiger partial charge in [0.1, 0.15) is 11.4 Å². The quantitative estimate of drug-likeness (QED) is 0.325. The van der Waals surface area contributed by atoms with E-state index >= 15 is 0 Å². The lowest BCUT2D eigenvalue weighted by Gasteiger charge is -2.20. The van der Waals surface area contributed by atoms with Crippen molar-refractivity contribution in [3.8, 4) is 0 Å². The van der Waals surface area contributed by atoms with Crippen LogP contribution in [0.2, 0.25) is 0 Å². The van der Waals surface area contributed by atoms with Crippen LogP contribution in [-0.2, 0) is 12.0 Å². The minimum absolute atomic E-state index is 0. The Morgan fingerprint density at radius 1 is 1.24 bits per heavy atom. The molecular formula is C18H25FIN3OS. The van der Waals surface area contributed by atoms with Crippen molar-refractivity contribution in [3.05, 3.63) is 58.0 Å². The standard InChI is InChI=1S/C18H24FN3OS.HI/c1-3-20-17(21-11-10-14-7-4-5-8-15(14)19)22-13-18(2,23)16-9-6-12-24-16;/h4-9,12,23H,3,10-11,13H2,1-2H3,(H2,20,21,22);1H. The zero-order chi connectivity index (χ0) is 17.4. The molecule has 0 saturated heterocycles. The SMILES string of the molecule is CCNC(=NCC(C)(O)c1cccs1)NCCc1ccccc1F.I. The highest BCUT2D eigenvalue weighted by molar-refractivity contribution is 14.0. The van der Waals surface area contributed by atoms with Gasteiger partial charge in [0.25, 0.3) is 0 Å². The summed E-state index contributed by atoms with van der Waals surface area (Å²) in [5, 5.41) is 18.8. The molecule has 2 aromatic rings. The number of guanidine groups is 1. The van der Waals surface area contributed by atoms with E-state index in [0.29, 0.717) is 31.0 Å². The highest BCUT2D eigenvalue weighted by Gasteiger charge is 2.23. The second-order valence-electron chi connectivity index (χ2n) is 5.71. The summed E-state index contributed by atoms with van der Waals surface area (Å²) in [4.78, 5) is 5.33. The van der Waals surface area contributed by atoms with Crippen molar-refractivity contribution in [1.82, 2.24) is 10.6 Å². The first kappa shape index (κ1) is 21.9. The van der Waals surface area contributed by atoms with Gasteiger partial charge in [0.2, 0.25) is 0 Å². The summed E-state index contributed by atoms with van der Waals surface area (Å²) in [5.41, 5.74) is -0.325. The molecule has 138 valence electrons. The minimum Gasteiger partial charge on any atom is -0.383 e. The molecule has 1 atom stereocenters. The van der Waals surface area contributed by atoms with E-state index < -0.39 is 5.60 Å². The molecule has 7 heteroatoms. The molecule has 0 aliphatic carbocycles. The first-order valence-corrected chi connectivity index (χ1v) is 8.93. The van der Waals surface area contributed by atoms with Crippen molar-refractivity contribution in [2.75, 3.05) is 19.6 Å². The highest BCUT2D eigenvalue weighted by Crippen LogP contribution is 2.25. The fraction of sp³-hybridized carbons (Fsp3) is 0.389. The van der Waals surface area contributed by atoms with Crippen LogP contribution in [0.5, 0.6) is 0 Å². The smallest absolute Gasteiger partial charge is 0.191 e. The normalized spacial score (nSPS) is 13.7. The number of rotatable bonds is 7. The molecule has 25 heavy (non-hydrogen) atoms. The zero-order valence-electron chi connectivity index (χ0n) is 14.5. The number of hydrogen-bond donors (Lipinski definition) is 3. The molecule has 0 aliphatic rings. The van der Waals surface area contributed by atoms with Gasteiger partial charge in [-0.1, -0.05) is 24.3 Å². The van der Waals surface area contributed by atoms with Crippen LogP contribution in [0.4, 0.5) is 4.39 Å². The van der Waals surface area contributed by atoms with Crippen LogP contribution >= 0.6 is 35.3 Å². The van der Waals surface area contributed by atoms with Gasteiger partial charge in [0.05, 0.1) is 6.54 Å². The number of benzene rings is 1. The number of nitrogens with zero attached hydrogens (tertiary/aromatic N) is 1. The van der Waals surface area contributed by atoms with Crippen molar-refractivity contribution in [2.45, 2.75) is 25.9 Å². The number of halogens is 2. The van der Waals surface area contributed by atoms with Gasteiger partial charge in [-0.2, -0.15) is 0 Å². The van der Waals surface area contributed by atoms with Gasteiger partial charge in [-0.25, -0.2) is 9.38 Å². The van der Waals surface area contributed by atoms with E-state index in [9.17, 15) is 9.50 Å². The number of thiophene rings is 1. The maximum atomic E-state index is 13.6. The lowest BCUT2D eigenvalue weighted by molar-refractivity contribution is 0.0711. The molecule has 1 heterocycles. The van der Waals surface area contributed by atoms with Crippen molar-refractivity contribution < 1.29 is 9.50 Å². The lowest BCUT2D eigenvalue weighted by atomic mass is 10.1. The Morgan fingerprint density at radius 3 is 2.64 bits per heavy atom. The van der Waals surface area contributed by atoms with Crippen molar-refractivity contribution in [3.63, 3.8) is 0 Å². The van der Waals surface area contributed by atoms with Crippen LogP contribution < -0.4 is 10.6 Å². The second-order valence-corrected chi connectivity index (χ2v) is 6.66. The predicted octanol–water partition coefficient (Wildman–Crippen LogP) is 3.51. The molecule has 1 unspecified atom stereocenters. The van der Waals surface area contributed by atoms with E-state index in [4.69, 9.17) is 0 Å². The average molecular weight is 477 g/mol. The van der Waals surface area contributed by atoms with Crippen molar-refractivity contribution in [1.29, 1.82) is 0 Å². The zero-order valence-corrected chi connectivity index (χ0v) is 17.6. The van der Waals surface area contributed by atoms with Gasteiger partial charge >= 0.3 is 0 Å². The number of nitrogens with one attached hydrogen (secondary N) is 2. The van der Waals surface area contributed by atoms with Gasteiger partial charge in [0.15, 0.2) is 5.96 Å². The van der Waals surface area contributed by atoms with Crippen LogP contribution in [0.1, 0.15) is 24.3 Å². The summed E-state index contributed by atoms with van der Waals surface area (Å²) in [6.45, 7) is 5.26. The van der Waals surface area contributed by atoms with Gasteiger partial charge < -0.3 is 15.7 Å². The third-order valence-electron chi connectivity index (χ3n) is 3.59. The van der Waals surface area contributed by atoms with Crippen LogP contribution in [0.25, 0.3) is 0 Å². The molecular weight excluding hydrogens is 452 g/mol. The van der Waals surface area contributed by atoms with E-state index in [1.807, 2.05) is 30.5 Å². The summed E-state index contributed by atoms with van der Waals surface area (Å²) in [6, 6.07) is 10.6. The number of hydrogen-bond acceptors (Lipinski definition) is 3. The second kappa shape index (κ2) is 10.7. The molecule has 0 amide bonds. The average Bonchev–Trinajstić information content (AvgIpc) is 3.10. The van der Waals surface area contributed by atoms with Crippen LogP contribution in [0.15, 0.2) is 46.8 Å². The Kier molecular flexibility index (Phi) is 9.37. The molecule has 1 aromatic carbocycles. The molecule has 0 fully saturated rings. The first-order chi connectivity index (χ1) is 11.5. The monoisotopic (exact) mass is 477 g/mol. The Hall–Kier alpha value is -1.19. The maximum Gasteiger partial charge on any atom is 0.191 e. The Balaban J connectivity index is 0.00000312. The summed E-state index contributed by atoms with van der Waals surface area (Å²) < 4.78 is 13.6. The molecule has 0 spiro atoms. The number of aliphatic hydroxyl groups is 1. The molecule has 0 bridgehead atoms. The van der Waals surface area contributed by atoms with Gasteiger partial charge in [-0.15, -0.1) is 35.3 Å². The van der Waals surface area contributed by atoms with Crippen molar-refractivity contribution in [2.24, 2.45) is 4.99 Å². The topological polar surface area (TPSA) is 56.7 Å². The molecule has 4 nitrogen and oxygen atoms in total. The van der Waals surface area contributed by atoms with Crippen LogP contribution in [0.3, 0.4) is 0 Å². The molecule has 0 aliphatic heterocycles. The van der Waals surface area contributed by atoms with Crippen LogP contribution in [-0.4, -0.2) is 30.7 Å². The largest absolute Gasteiger partial charge is 0.383 e. The molecule has 1 aromatic heterocycles. The van der Waals surface area contributed by atoms with Gasteiger partial charge in [0, 0.05) is 18.0 Å². The van der Waals surface area contributed by atoms with E-state index in [2.05, 4.69) is 15.6 Å². The summed E-state index contributed by atoms with van der Waals surface area (Å²) in [5.74, 6) is 0.424. The fourth-order valence-corrected chi connectivity index (χ4v) is 3.03. The summed E-state index contributed by atoms with van der Waals surface area (Å²) >= 11 is 1.51. The molecule has 0 radical (unpaired) electrons. The molecule has 0 saturated carbocycles. The number of aliphatic imine (C=N–C) groups is 1.